The molecule has 1 N–H and O–H groups in total. The van der Waals surface area contributed by atoms with Crippen molar-refractivity contribution in [2.75, 3.05) is 18.5 Å². The van der Waals surface area contributed by atoms with Crippen LogP contribution in [0.3, 0.4) is 0 Å². The predicted molar refractivity (Wildman–Crippen MR) is 132 cm³/mol. The summed E-state index contributed by atoms with van der Waals surface area (Å²) in [5.41, 5.74) is 0.497. The number of hydrogen-bond donors (Lipinski definition) is 1. The van der Waals surface area contributed by atoms with Gasteiger partial charge in [-0.3, -0.25) is 9.59 Å². The fraction of sp³-hybridized carbons (Fsp3) is 0.240. The molecule has 0 saturated carbocycles. The van der Waals surface area contributed by atoms with Crippen molar-refractivity contribution in [1.29, 1.82) is 0 Å². The number of nitrogens with zero attached hydrogens (tertiary/aromatic N) is 3. The fourth-order valence-corrected chi connectivity index (χ4v) is 4.19. The van der Waals surface area contributed by atoms with E-state index in [1.54, 1.807) is 12.1 Å². The molecular formula is C25H24N4O5S. The molecule has 0 saturated heterocycles. The third kappa shape index (κ3) is 5.90. The predicted octanol–water partition coefficient (Wildman–Crippen LogP) is 4.51. The maximum atomic E-state index is 12.9. The number of rotatable bonds is 9. The summed E-state index contributed by atoms with van der Waals surface area (Å²) in [5, 5.41) is 14.3. The number of benzene rings is 2. The van der Waals surface area contributed by atoms with Crippen molar-refractivity contribution >= 4 is 45.6 Å². The maximum Gasteiger partial charge on any atom is 0.340 e. The second kappa shape index (κ2) is 10.9. The third-order valence-electron chi connectivity index (χ3n) is 5.11. The average molecular weight is 493 g/mol. The van der Waals surface area contributed by atoms with Crippen molar-refractivity contribution in [3.05, 3.63) is 65.4 Å². The van der Waals surface area contributed by atoms with Crippen LogP contribution in [-0.2, 0) is 20.9 Å². The zero-order valence-electron chi connectivity index (χ0n) is 19.3. The Kier molecular flexibility index (Phi) is 7.51. The molecular weight excluding hydrogens is 468 g/mol. The van der Waals surface area contributed by atoms with Gasteiger partial charge in [0, 0.05) is 13.5 Å². The molecule has 0 aliphatic rings. The van der Waals surface area contributed by atoms with Gasteiger partial charge in [-0.15, -0.1) is 21.5 Å². The van der Waals surface area contributed by atoms with Crippen molar-refractivity contribution in [3.8, 4) is 10.8 Å². The lowest BCUT2D eigenvalue weighted by Gasteiger charge is -2.20. The van der Waals surface area contributed by atoms with E-state index in [4.69, 9.17) is 9.15 Å². The van der Waals surface area contributed by atoms with E-state index in [1.165, 1.54) is 23.2 Å². The van der Waals surface area contributed by atoms with Gasteiger partial charge in [0.15, 0.2) is 6.61 Å². The van der Waals surface area contributed by atoms with Crippen molar-refractivity contribution in [2.45, 2.75) is 26.8 Å². The first kappa shape index (κ1) is 24.1. The number of anilines is 1. The summed E-state index contributed by atoms with van der Waals surface area (Å²) in [7, 11) is 0. The number of thiophene rings is 1. The number of nitrogens with one attached hydrogen (secondary N) is 1. The molecule has 2 aromatic heterocycles. The highest BCUT2D eigenvalue weighted by molar-refractivity contribution is 7.13. The Morgan fingerprint density at radius 2 is 1.86 bits per heavy atom. The summed E-state index contributed by atoms with van der Waals surface area (Å²) in [6, 6.07) is 14.6. The number of carbonyl (C=O) groups is 3. The highest BCUT2D eigenvalue weighted by Crippen LogP contribution is 2.26. The Morgan fingerprint density at radius 1 is 1.09 bits per heavy atom. The first-order chi connectivity index (χ1) is 16.9. The Hall–Kier alpha value is -4.05. The molecule has 9 nitrogen and oxygen atoms in total. The summed E-state index contributed by atoms with van der Waals surface area (Å²) >= 11 is 1.48. The Bertz CT molecular complexity index is 1350. The van der Waals surface area contributed by atoms with Crippen molar-refractivity contribution in [2.24, 2.45) is 0 Å². The number of esters is 1. The topological polar surface area (TPSA) is 115 Å². The molecule has 0 aliphatic heterocycles. The zero-order valence-corrected chi connectivity index (χ0v) is 20.1. The van der Waals surface area contributed by atoms with Crippen LogP contribution in [0, 0.1) is 0 Å². The van der Waals surface area contributed by atoms with Crippen LogP contribution in [0.1, 0.15) is 36.5 Å². The standard InChI is InChI=1S/C25H24N4O5S/c1-3-10-29(14-22-27-28-24(34-22)21-9-6-11-35-21)23(31)15-33-25(32)19-12-17-7-4-5-8-18(17)13-20(19)26-16(2)30/h4-9,11-13H,3,10,14-15H2,1-2H3,(H,26,30). The summed E-state index contributed by atoms with van der Waals surface area (Å²) < 4.78 is 11.0. The molecule has 4 aromatic rings. The van der Waals surface area contributed by atoms with Gasteiger partial charge in [-0.1, -0.05) is 37.3 Å². The third-order valence-corrected chi connectivity index (χ3v) is 5.97. The molecule has 10 heteroatoms. The Labute approximate surface area is 205 Å². The number of carbonyl (C=O) groups excluding carboxylic acids is 3. The van der Waals surface area contributed by atoms with Crippen LogP contribution < -0.4 is 5.32 Å². The van der Waals surface area contributed by atoms with Crippen LogP contribution in [0.2, 0.25) is 0 Å². The van der Waals surface area contributed by atoms with Gasteiger partial charge in [-0.25, -0.2) is 4.79 Å². The van der Waals surface area contributed by atoms with E-state index in [-0.39, 0.29) is 18.0 Å². The van der Waals surface area contributed by atoms with E-state index in [0.29, 0.717) is 30.4 Å². The van der Waals surface area contributed by atoms with Gasteiger partial charge < -0.3 is 19.4 Å². The molecule has 4 rings (SSSR count). The van der Waals surface area contributed by atoms with E-state index in [9.17, 15) is 14.4 Å². The lowest BCUT2D eigenvalue weighted by molar-refractivity contribution is -0.135. The van der Waals surface area contributed by atoms with Crippen LogP contribution in [-0.4, -0.2) is 46.0 Å². The normalized spacial score (nSPS) is 10.8. The van der Waals surface area contributed by atoms with E-state index in [0.717, 1.165) is 15.6 Å². The number of ether oxygens (including phenoxy) is 1. The molecule has 0 fully saturated rings. The average Bonchev–Trinajstić information content (AvgIpc) is 3.53. The highest BCUT2D eigenvalue weighted by Gasteiger charge is 2.21. The van der Waals surface area contributed by atoms with Gasteiger partial charge in [0.05, 0.1) is 22.7 Å². The van der Waals surface area contributed by atoms with Gasteiger partial charge in [0.1, 0.15) is 0 Å². The monoisotopic (exact) mass is 492 g/mol. The number of hydrogen-bond acceptors (Lipinski definition) is 8. The molecule has 0 aliphatic carbocycles. The van der Waals surface area contributed by atoms with Gasteiger partial charge in [-0.2, -0.15) is 0 Å². The minimum absolute atomic E-state index is 0.107. The van der Waals surface area contributed by atoms with Gasteiger partial charge in [0.25, 0.3) is 11.8 Å². The van der Waals surface area contributed by atoms with Gasteiger partial charge in [0.2, 0.25) is 11.8 Å². The second-order valence-electron chi connectivity index (χ2n) is 7.80. The molecule has 0 bridgehead atoms. The first-order valence-electron chi connectivity index (χ1n) is 11.1. The Balaban J connectivity index is 1.45. The first-order valence-corrected chi connectivity index (χ1v) is 11.9. The molecule has 35 heavy (non-hydrogen) atoms. The van der Waals surface area contributed by atoms with Gasteiger partial charge >= 0.3 is 5.97 Å². The molecule has 2 heterocycles. The van der Waals surface area contributed by atoms with E-state index < -0.39 is 18.5 Å². The number of amides is 2. The minimum atomic E-state index is -0.706. The van der Waals surface area contributed by atoms with E-state index in [1.807, 2.05) is 48.7 Å². The number of aromatic nitrogens is 2. The molecule has 0 unspecified atom stereocenters. The summed E-state index contributed by atoms with van der Waals surface area (Å²) in [5.74, 6) is -0.725. The molecule has 0 atom stereocenters. The summed E-state index contributed by atoms with van der Waals surface area (Å²) in [4.78, 5) is 39.8. The van der Waals surface area contributed by atoms with Gasteiger partial charge in [-0.05, 0) is 40.8 Å². The van der Waals surface area contributed by atoms with Crippen LogP contribution in [0.4, 0.5) is 5.69 Å². The largest absolute Gasteiger partial charge is 0.452 e. The van der Waals surface area contributed by atoms with Crippen molar-refractivity contribution in [1.82, 2.24) is 15.1 Å². The Morgan fingerprint density at radius 3 is 2.54 bits per heavy atom. The number of fused-ring (bicyclic) bond motifs is 1. The van der Waals surface area contributed by atoms with E-state index in [2.05, 4.69) is 15.5 Å². The molecule has 2 aromatic carbocycles. The van der Waals surface area contributed by atoms with Crippen LogP contribution in [0.5, 0.6) is 0 Å². The van der Waals surface area contributed by atoms with Crippen molar-refractivity contribution in [3.63, 3.8) is 0 Å². The second-order valence-corrected chi connectivity index (χ2v) is 8.74. The summed E-state index contributed by atoms with van der Waals surface area (Å²) in [6.45, 7) is 3.37. The summed E-state index contributed by atoms with van der Waals surface area (Å²) in [6.07, 6.45) is 0.697. The quantitative estimate of drug-likeness (QED) is 0.342. The van der Waals surface area contributed by atoms with Crippen LogP contribution >= 0.6 is 11.3 Å². The minimum Gasteiger partial charge on any atom is -0.452 e. The SMILES string of the molecule is CCCN(Cc1nnc(-c2cccs2)o1)C(=O)COC(=O)c1cc2ccccc2cc1NC(C)=O. The molecule has 0 radical (unpaired) electrons. The molecule has 0 spiro atoms. The smallest absolute Gasteiger partial charge is 0.340 e. The fourth-order valence-electron chi connectivity index (χ4n) is 3.54. The van der Waals surface area contributed by atoms with Crippen molar-refractivity contribution < 1.29 is 23.5 Å². The molecule has 2 amide bonds. The van der Waals surface area contributed by atoms with Crippen LogP contribution in [0.25, 0.3) is 21.5 Å². The molecule has 180 valence electrons. The highest BCUT2D eigenvalue weighted by atomic mass is 32.1. The lowest BCUT2D eigenvalue weighted by Crippen LogP contribution is -2.35. The lowest BCUT2D eigenvalue weighted by atomic mass is 10.0. The van der Waals surface area contributed by atoms with Crippen LogP contribution in [0.15, 0.2) is 58.3 Å². The maximum absolute atomic E-state index is 12.9. The van der Waals surface area contributed by atoms with E-state index >= 15 is 0 Å². The zero-order chi connectivity index (χ0) is 24.8.